The van der Waals surface area contributed by atoms with Crippen LogP contribution in [0.15, 0.2) is 18.2 Å². The van der Waals surface area contributed by atoms with Crippen LogP contribution in [0.1, 0.15) is 15.9 Å². The number of carbonyl (C=O) groups excluding carboxylic acids is 2. The minimum absolute atomic E-state index is 0. The van der Waals surface area contributed by atoms with Crippen LogP contribution in [0.5, 0.6) is 0 Å². The van der Waals surface area contributed by atoms with E-state index in [1.165, 1.54) is 14.2 Å². The highest BCUT2D eigenvalue weighted by molar-refractivity contribution is 5.96. The van der Waals surface area contributed by atoms with Crippen LogP contribution in [0.25, 0.3) is 0 Å². The highest BCUT2D eigenvalue weighted by Crippen LogP contribution is 2.16. The molecule has 1 unspecified atom stereocenters. The van der Waals surface area contributed by atoms with Crippen molar-refractivity contribution in [1.82, 2.24) is 0 Å². The van der Waals surface area contributed by atoms with Crippen LogP contribution in [0.2, 0.25) is 0 Å². The zero-order chi connectivity index (χ0) is 14.4. The predicted molar refractivity (Wildman–Crippen MR) is 78.2 cm³/mol. The molecular weight excluding hydrogens is 284 g/mol. The molecule has 1 atom stereocenters. The number of rotatable bonds is 5. The van der Waals surface area contributed by atoms with Gasteiger partial charge in [0.15, 0.2) is 0 Å². The summed E-state index contributed by atoms with van der Waals surface area (Å²) in [6, 6.07) is 4.17. The first-order valence-corrected chi connectivity index (χ1v) is 5.74. The number of benzene rings is 1. The van der Waals surface area contributed by atoms with Crippen molar-refractivity contribution in [3.05, 3.63) is 29.3 Å². The monoisotopic (exact) mass is 302 g/mol. The highest BCUT2D eigenvalue weighted by Gasteiger charge is 2.14. The maximum absolute atomic E-state index is 11.7. The molecule has 0 radical (unpaired) electrons. The molecule has 0 aliphatic carbocycles. The van der Waals surface area contributed by atoms with E-state index in [0.717, 1.165) is 0 Å². The number of carbonyl (C=O) groups is 2. The Hall–Kier alpha value is -1.63. The molecule has 1 rings (SSSR count). The van der Waals surface area contributed by atoms with Gasteiger partial charge in [-0.1, -0.05) is 0 Å². The number of anilines is 1. The van der Waals surface area contributed by atoms with E-state index in [-0.39, 0.29) is 24.9 Å². The standard InChI is InChI=1S/C13H18N2O4.ClH/c1-8-6-9(4-5-10(8)13(17)19-3)15-12(16)11(14)7-18-2;/h4-6,11H,7,14H2,1-3H3,(H,15,16);1H. The van der Waals surface area contributed by atoms with Gasteiger partial charge in [-0.3, -0.25) is 4.79 Å². The fraction of sp³-hybridized carbons (Fsp3) is 0.385. The molecule has 0 spiro atoms. The number of hydrogen-bond acceptors (Lipinski definition) is 5. The maximum Gasteiger partial charge on any atom is 0.338 e. The Bertz CT molecular complexity index is 479. The van der Waals surface area contributed by atoms with Gasteiger partial charge in [0, 0.05) is 12.8 Å². The smallest absolute Gasteiger partial charge is 0.338 e. The number of amides is 1. The molecule has 1 amide bonds. The summed E-state index contributed by atoms with van der Waals surface area (Å²) in [4.78, 5) is 23.1. The van der Waals surface area contributed by atoms with Crippen molar-refractivity contribution in [1.29, 1.82) is 0 Å². The van der Waals surface area contributed by atoms with E-state index in [4.69, 9.17) is 10.5 Å². The third-order valence-electron chi connectivity index (χ3n) is 2.58. The minimum Gasteiger partial charge on any atom is -0.465 e. The molecular formula is C13H19ClN2O4. The Morgan fingerprint density at radius 1 is 1.35 bits per heavy atom. The van der Waals surface area contributed by atoms with E-state index >= 15 is 0 Å². The molecule has 0 aliphatic heterocycles. The molecule has 0 aromatic heterocycles. The van der Waals surface area contributed by atoms with Gasteiger partial charge < -0.3 is 20.5 Å². The molecule has 0 saturated carbocycles. The number of methoxy groups -OCH3 is 2. The summed E-state index contributed by atoms with van der Waals surface area (Å²) >= 11 is 0. The lowest BCUT2D eigenvalue weighted by Gasteiger charge is -2.12. The topological polar surface area (TPSA) is 90.6 Å². The van der Waals surface area contributed by atoms with Gasteiger partial charge in [0.2, 0.25) is 5.91 Å². The van der Waals surface area contributed by atoms with Gasteiger partial charge in [-0.2, -0.15) is 0 Å². The van der Waals surface area contributed by atoms with Gasteiger partial charge in [-0.25, -0.2) is 4.79 Å². The number of nitrogens with one attached hydrogen (secondary N) is 1. The lowest BCUT2D eigenvalue weighted by molar-refractivity contribution is -0.118. The average molecular weight is 303 g/mol. The first-order chi connectivity index (χ1) is 8.99. The summed E-state index contributed by atoms with van der Waals surface area (Å²) < 4.78 is 9.45. The summed E-state index contributed by atoms with van der Waals surface area (Å²) in [5.74, 6) is -0.751. The van der Waals surface area contributed by atoms with Crippen LogP contribution in [0, 0.1) is 6.92 Å². The van der Waals surface area contributed by atoms with Crippen molar-refractivity contribution in [3.8, 4) is 0 Å². The zero-order valence-corrected chi connectivity index (χ0v) is 12.5. The van der Waals surface area contributed by atoms with Crippen LogP contribution >= 0.6 is 12.4 Å². The summed E-state index contributed by atoms with van der Waals surface area (Å²) in [6.45, 7) is 1.90. The Balaban J connectivity index is 0.00000361. The normalized spacial score (nSPS) is 11.2. The van der Waals surface area contributed by atoms with Crippen molar-refractivity contribution in [2.45, 2.75) is 13.0 Å². The number of halogens is 1. The fourth-order valence-electron chi connectivity index (χ4n) is 1.57. The summed E-state index contributed by atoms with van der Waals surface area (Å²) in [6.07, 6.45) is 0. The second kappa shape index (κ2) is 8.52. The highest BCUT2D eigenvalue weighted by atomic mass is 35.5. The van der Waals surface area contributed by atoms with Crippen molar-refractivity contribution in [2.24, 2.45) is 5.73 Å². The van der Waals surface area contributed by atoms with Crippen LogP contribution in [0.4, 0.5) is 5.69 Å². The quantitative estimate of drug-likeness (QED) is 0.795. The second-order valence-electron chi connectivity index (χ2n) is 4.07. The number of esters is 1. The van der Waals surface area contributed by atoms with Gasteiger partial charge in [0.25, 0.3) is 0 Å². The Kier molecular flexibility index (Phi) is 7.83. The molecule has 1 aromatic carbocycles. The molecule has 112 valence electrons. The molecule has 0 fully saturated rings. The van der Waals surface area contributed by atoms with Crippen molar-refractivity contribution in [2.75, 3.05) is 26.1 Å². The van der Waals surface area contributed by atoms with Gasteiger partial charge in [0.05, 0.1) is 19.3 Å². The molecule has 0 aliphatic rings. The van der Waals surface area contributed by atoms with Crippen LogP contribution in [-0.2, 0) is 14.3 Å². The van der Waals surface area contributed by atoms with E-state index in [2.05, 4.69) is 10.1 Å². The van der Waals surface area contributed by atoms with E-state index in [1.54, 1.807) is 25.1 Å². The number of nitrogens with two attached hydrogens (primary N) is 1. The van der Waals surface area contributed by atoms with Crippen molar-refractivity contribution >= 4 is 30.0 Å². The van der Waals surface area contributed by atoms with E-state index in [9.17, 15) is 9.59 Å². The number of hydrogen-bond donors (Lipinski definition) is 2. The SMILES string of the molecule is COCC(N)C(=O)Nc1ccc(C(=O)OC)c(C)c1.Cl. The lowest BCUT2D eigenvalue weighted by Crippen LogP contribution is -2.39. The molecule has 0 heterocycles. The molecule has 7 heteroatoms. The zero-order valence-electron chi connectivity index (χ0n) is 11.6. The molecule has 0 bridgehead atoms. The summed E-state index contributed by atoms with van der Waals surface area (Å²) in [5.41, 5.74) is 7.35. The third-order valence-corrected chi connectivity index (χ3v) is 2.58. The van der Waals surface area contributed by atoms with E-state index < -0.39 is 12.0 Å². The molecule has 0 saturated heterocycles. The Morgan fingerprint density at radius 3 is 2.50 bits per heavy atom. The van der Waals surface area contributed by atoms with Gasteiger partial charge in [-0.15, -0.1) is 12.4 Å². The average Bonchev–Trinajstić information content (AvgIpc) is 2.38. The number of aryl methyl sites for hydroxylation is 1. The Morgan fingerprint density at radius 2 is 2.00 bits per heavy atom. The van der Waals surface area contributed by atoms with Crippen LogP contribution < -0.4 is 11.1 Å². The molecule has 6 nitrogen and oxygen atoms in total. The molecule has 20 heavy (non-hydrogen) atoms. The van der Waals surface area contributed by atoms with Crippen molar-refractivity contribution in [3.63, 3.8) is 0 Å². The largest absolute Gasteiger partial charge is 0.465 e. The first kappa shape index (κ1) is 18.4. The van der Waals surface area contributed by atoms with Crippen LogP contribution in [-0.4, -0.2) is 38.7 Å². The third kappa shape index (κ3) is 4.80. The van der Waals surface area contributed by atoms with E-state index in [1.807, 2.05) is 0 Å². The summed E-state index contributed by atoms with van der Waals surface area (Å²) in [5, 5.41) is 2.66. The molecule has 3 N–H and O–H groups in total. The van der Waals surface area contributed by atoms with Crippen molar-refractivity contribution < 1.29 is 19.1 Å². The second-order valence-corrected chi connectivity index (χ2v) is 4.07. The lowest BCUT2D eigenvalue weighted by atomic mass is 10.1. The summed E-state index contributed by atoms with van der Waals surface area (Å²) in [7, 11) is 2.80. The minimum atomic E-state index is -0.731. The predicted octanol–water partition coefficient (Wildman–Crippen LogP) is 1.12. The van der Waals surface area contributed by atoms with E-state index in [0.29, 0.717) is 16.8 Å². The first-order valence-electron chi connectivity index (χ1n) is 5.74. The fourth-order valence-corrected chi connectivity index (χ4v) is 1.57. The Labute approximate surface area is 124 Å². The maximum atomic E-state index is 11.7. The molecule has 1 aromatic rings. The van der Waals surface area contributed by atoms with Gasteiger partial charge in [-0.05, 0) is 30.7 Å². The van der Waals surface area contributed by atoms with Gasteiger partial charge >= 0.3 is 5.97 Å². The van der Waals surface area contributed by atoms with Gasteiger partial charge in [0.1, 0.15) is 6.04 Å². The number of ether oxygens (including phenoxy) is 2. The van der Waals surface area contributed by atoms with Crippen LogP contribution in [0.3, 0.4) is 0 Å².